The summed E-state index contributed by atoms with van der Waals surface area (Å²) >= 11 is 0. The zero-order valence-electron chi connectivity index (χ0n) is 15.9. The number of hydrogen-bond donors (Lipinski definition) is 1. The van der Waals surface area contributed by atoms with Crippen LogP contribution in [0, 0.1) is 22.7 Å². The third-order valence-corrected chi connectivity index (χ3v) is 8.48. The second kappa shape index (κ2) is 4.99. The van der Waals surface area contributed by atoms with Crippen molar-refractivity contribution < 1.29 is 33.7 Å². The molecule has 5 aliphatic rings. The smallest absolute Gasteiger partial charge is 0.320 e. The molecule has 8 atom stereocenters. The lowest BCUT2D eigenvalue weighted by atomic mass is 9.44. The van der Waals surface area contributed by atoms with Gasteiger partial charge in [-0.2, -0.15) is 0 Å². The van der Waals surface area contributed by atoms with Crippen LogP contribution < -0.4 is 0 Å². The van der Waals surface area contributed by atoms with Crippen molar-refractivity contribution >= 4 is 17.5 Å². The monoisotopic (exact) mass is 378 g/mol. The first-order chi connectivity index (χ1) is 12.6. The third kappa shape index (κ3) is 1.81. The Bertz CT molecular complexity index is 763. The highest BCUT2D eigenvalue weighted by Gasteiger charge is 2.78. The van der Waals surface area contributed by atoms with Crippen LogP contribution in [0.15, 0.2) is 0 Å². The van der Waals surface area contributed by atoms with Gasteiger partial charge in [-0.3, -0.25) is 14.4 Å². The van der Waals surface area contributed by atoms with Crippen LogP contribution >= 0.6 is 0 Å². The van der Waals surface area contributed by atoms with E-state index < -0.39 is 34.3 Å². The van der Waals surface area contributed by atoms with E-state index in [-0.39, 0.29) is 55.4 Å². The van der Waals surface area contributed by atoms with E-state index in [0.717, 1.165) is 0 Å². The number of Topliss-reactive ketones (excluding diaryl/α,β-unsaturated/α-hetero) is 2. The van der Waals surface area contributed by atoms with E-state index in [4.69, 9.17) is 14.2 Å². The minimum atomic E-state index is -1.17. The Balaban J connectivity index is 1.64. The van der Waals surface area contributed by atoms with Gasteiger partial charge in [0.2, 0.25) is 0 Å². The molecule has 7 heteroatoms. The molecule has 0 aromatic heterocycles. The van der Waals surface area contributed by atoms with Crippen molar-refractivity contribution in [3.05, 3.63) is 0 Å². The zero-order chi connectivity index (χ0) is 19.4. The number of rotatable bonds is 0. The van der Waals surface area contributed by atoms with Crippen LogP contribution in [-0.2, 0) is 28.6 Å². The Hall–Kier alpha value is -1.31. The number of ketones is 2. The van der Waals surface area contributed by atoms with Crippen molar-refractivity contribution in [2.24, 2.45) is 22.7 Å². The first kappa shape index (κ1) is 17.8. The second-order valence-corrected chi connectivity index (χ2v) is 9.66. The summed E-state index contributed by atoms with van der Waals surface area (Å²) in [5, 5.41) is 9.86. The molecule has 2 aliphatic carbocycles. The number of carbonyl (C=O) groups excluding carboxylic acids is 3. The van der Waals surface area contributed by atoms with Crippen LogP contribution in [0.4, 0.5) is 0 Å². The molecule has 0 amide bonds. The molecule has 5 rings (SSSR count). The van der Waals surface area contributed by atoms with E-state index in [1.807, 2.05) is 6.92 Å². The molecule has 27 heavy (non-hydrogen) atoms. The number of hydrogen-bond acceptors (Lipinski definition) is 7. The fourth-order valence-electron chi connectivity index (χ4n) is 7.04. The highest BCUT2D eigenvalue weighted by atomic mass is 16.6. The molecule has 3 saturated heterocycles. The van der Waals surface area contributed by atoms with Gasteiger partial charge in [0.05, 0.1) is 12.2 Å². The largest absolute Gasteiger partial charge is 0.461 e. The molecule has 0 aromatic carbocycles. The molecule has 3 aliphatic heterocycles. The minimum absolute atomic E-state index is 0.0202. The van der Waals surface area contributed by atoms with Gasteiger partial charge in [-0.05, 0) is 25.7 Å². The maximum atomic E-state index is 13.1. The number of aliphatic hydroxyl groups excluding tert-OH is 1. The molecule has 2 spiro atoms. The molecule has 5 fully saturated rings. The van der Waals surface area contributed by atoms with Crippen LogP contribution in [0.1, 0.15) is 52.9 Å². The Kier molecular flexibility index (Phi) is 3.28. The quantitative estimate of drug-likeness (QED) is 0.499. The van der Waals surface area contributed by atoms with Gasteiger partial charge >= 0.3 is 5.97 Å². The minimum Gasteiger partial charge on any atom is -0.461 e. The fraction of sp³-hybridized carbons (Fsp3) is 0.850. The maximum Gasteiger partial charge on any atom is 0.320 e. The van der Waals surface area contributed by atoms with Gasteiger partial charge in [0, 0.05) is 30.6 Å². The Morgan fingerprint density at radius 1 is 1.15 bits per heavy atom. The summed E-state index contributed by atoms with van der Waals surface area (Å²) in [4.78, 5) is 38.5. The van der Waals surface area contributed by atoms with E-state index in [1.165, 1.54) is 0 Å². The van der Waals surface area contributed by atoms with Crippen LogP contribution in [0.3, 0.4) is 0 Å². The first-order valence-corrected chi connectivity index (χ1v) is 9.87. The number of fused-ring (bicyclic) bond motifs is 1. The summed E-state index contributed by atoms with van der Waals surface area (Å²) in [6, 6.07) is 0. The van der Waals surface area contributed by atoms with Gasteiger partial charge in [0.1, 0.15) is 17.3 Å². The van der Waals surface area contributed by atoms with Crippen molar-refractivity contribution in [3.63, 3.8) is 0 Å². The predicted octanol–water partition coefficient (Wildman–Crippen LogP) is 1.15. The second-order valence-electron chi connectivity index (χ2n) is 9.66. The van der Waals surface area contributed by atoms with Crippen molar-refractivity contribution in [1.82, 2.24) is 0 Å². The fourth-order valence-corrected chi connectivity index (χ4v) is 7.04. The topological polar surface area (TPSA) is 99.1 Å². The van der Waals surface area contributed by atoms with E-state index in [9.17, 15) is 19.5 Å². The summed E-state index contributed by atoms with van der Waals surface area (Å²) in [5.41, 5.74) is -3.62. The SMILES string of the molecule is CC1CC2OC(=O)C3(C)C(=O)CCC(C)(C23)C12CC(=O)C1(COC(O)C1)O2. The van der Waals surface area contributed by atoms with Crippen molar-refractivity contribution in [2.45, 2.75) is 76.5 Å². The zero-order valence-corrected chi connectivity index (χ0v) is 15.9. The lowest BCUT2D eigenvalue weighted by molar-refractivity contribution is -0.247. The predicted molar refractivity (Wildman–Crippen MR) is 90.4 cm³/mol. The van der Waals surface area contributed by atoms with E-state index >= 15 is 0 Å². The Morgan fingerprint density at radius 2 is 1.89 bits per heavy atom. The summed E-state index contributed by atoms with van der Waals surface area (Å²) < 4.78 is 17.6. The molecule has 7 nitrogen and oxygen atoms in total. The summed E-state index contributed by atoms with van der Waals surface area (Å²) in [6.07, 6.45) is 0.455. The highest BCUT2D eigenvalue weighted by Crippen LogP contribution is 2.69. The summed E-state index contributed by atoms with van der Waals surface area (Å²) in [5.74, 6) is -0.870. The summed E-state index contributed by atoms with van der Waals surface area (Å²) in [7, 11) is 0. The number of aliphatic hydroxyl groups is 1. The molecular formula is C20H26O7. The third-order valence-electron chi connectivity index (χ3n) is 8.48. The van der Waals surface area contributed by atoms with Crippen molar-refractivity contribution in [2.75, 3.05) is 6.61 Å². The molecule has 0 bridgehead atoms. The normalized spacial score (nSPS) is 56.8. The van der Waals surface area contributed by atoms with Crippen LogP contribution in [0.2, 0.25) is 0 Å². The standard InChI is InChI=1S/C20H26O7/c1-10-6-11-15-17(2,5-4-12(21)18(15,3)16(24)26-11)20(10)7-13(22)19(27-20)8-14(23)25-9-19/h10-11,14-15,23H,4-9H2,1-3H3. The van der Waals surface area contributed by atoms with E-state index in [2.05, 4.69) is 6.92 Å². The lowest BCUT2D eigenvalue weighted by Gasteiger charge is -2.61. The van der Waals surface area contributed by atoms with Crippen molar-refractivity contribution in [3.8, 4) is 0 Å². The van der Waals surface area contributed by atoms with Crippen LogP contribution in [0.5, 0.6) is 0 Å². The lowest BCUT2D eigenvalue weighted by Crippen LogP contribution is -2.67. The van der Waals surface area contributed by atoms with Crippen LogP contribution in [0.25, 0.3) is 0 Å². The van der Waals surface area contributed by atoms with E-state index in [0.29, 0.717) is 12.8 Å². The molecule has 148 valence electrons. The first-order valence-electron chi connectivity index (χ1n) is 9.87. The highest BCUT2D eigenvalue weighted by molar-refractivity contribution is 6.06. The van der Waals surface area contributed by atoms with Gasteiger partial charge in [-0.15, -0.1) is 0 Å². The Morgan fingerprint density at radius 3 is 2.56 bits per heavy atom. The number of carbonyl (C=O) groups is 3. The molecule has 0 radical (unpaired) electrons. The van der Waals surface area contributed by atoms with Gasteiger partial charge in [-0.25, -0.2) is 0 Å². The molecular weight excluding hydrogens is 352 g/mol. The van der Waals surface area contributed by atoms with Crippen LogP contribution in [-0.4, -0.2) is 52.8 Å². The van der Waals surface area contributed by atoms with Crippen molar-refractivity contribution in [1.29, 1.82) is 0 Å². The average molecular weight is 378 g/mol. The van der Waals surface area contributed by atoms with E-state index in [1.54, 1.807) is 6.92 Å². The average Bonchev–Trinajstić information content (AvgIpc) is 3.19. The molecule has 0 aromatic rings. The molecule has 3 heterocycles. The summed E-state index contributed by atoms with van der Waals surface area (Å²) in [6.45, 7) is 5.86. The Labute approximate surface area is 157 Å². The maximum absolute atomic E-state index is 13.1. The molecule has 8 unspecified atom stereocenters. The van der Waals surface area contributed by atoms with Gasteiger partial charge in [-0.1, -0.05) is 13.8 Å². The number of esters is 1. The van der Waals surface area contributed by atoms with Gasteiger partial charge < -0.3 is 19.3 Å². The van der Waals surface area contributed by atoms with Gasteiger partial charge in [0.15, 0.2) is 17.7 Å². The molecule has 1 N–H and O–H groups in total. The molecule has 2 saturated carbocycles. The number of ether oxygens (including phenoxy) is 3. The van der Waals surface area contributed by atoms with Gasteiger partial charge in [0.25, 0.3) is 0 Å².